The van der Waals surface area contributed by atoms with E-state index in [9.17, 15) is 14.4 Å². The van der Waals surface area contributed by atoms with E-state index in [1.54, 1.807) is 25.7 Å². The number of benzene rings is 1. The molecule has 2 unspecified atom stereocenters. The Kier molecular flexibility index (Phi) is 15.2. The van der Waals surface area contributed by atoms with E-state index in [2.05, 4.69) is 24.5 Å². The van der Waals surface area contributed by atoms with E-state index < -0.39 is 23.8 Å². The van der Waals surface area contributed by atoms with E-state index in [1.165, 1.54) is 0 Å². The first-order chi connectivity index (χ1) is 18.3. The maximum Gasteiger partial charge on any atom is 0.408 e. The standard InChI is InChI=1S/C32H55N3O4/c1-10-12-14-16-20-35(30(37)27(21-23(3)4)34-31(38)39-32(7,8)9)28(29(36)33-19-15-13-11-2)26-18-17-24(5)25(6)22-26/h17-18,22-23,27-28H,10-16,19-21H2,1-9H3,(H,33,36)(H,34,38). The molecule has 0 aliphatic rings. The fraction of sp³-hybridized carbons (Fsp3) is 0.719. The maximum atomic E-state index is 14.3. The van der Waals surface area contributed by atoms with Gasteiger partial charge in [-0.25, -0.2) is 4.79 Å². The molecule has 1 rings (SSSR count). The molecule has 0 aromatic heterocycles. The van der Waals surface area contributed by atoms with Crippen molar-refractivity contribution in [3.63, 3.8) is 0 Å². The molecule has 222 valence electrons. The highest BCUT2D eigenvalue weighted by Gasteiger charge is 2.36. The van der Waals surface area contributed by atoms with Crippen LogP contribution >= 0.6 is 0 Å². The third-order valence-electron chi connectivity index (χ3n) is 6.72. The molecule has 0 bridgehead atoms. The van der Waals surface area contributed by atoms with Gasteiger partial charge in [0, 0.05) is 13.1 Å². The van der Waals surface area contributed by atoms with Crippen molar-refractivity contribution < 1.29 is 19.1 Å². The number of rotatable bonds is 16. The zero-order chi connectivity index (χ0) is 29.6. The number of carbonyl (C=O) groups excluding carboxylic acids is 3. The van der Waals surface area contributed by atoms with Gasteiger partial charge in [-0.15, -0.1) is 0 Å². The van der Waals surface area contributed by atoms with Crippen molar-refractivity contribution in [3.8, 4) is 0 Å². The minimum atomic E-state index is -0.798. The molecule has 7 heteroatoms. The van der Waals surface area contributed by atoms with E-state index in [0.717, 1.165) is 61.6 Å². The molecule has 1 aromatic carbocycles. The average molecular weight is 546 g/mol. The van der Waals surface area contributed by atoms with Crippen LogP contribution in [0.4, 0.5) is 4.79 Å². The van der Waals surface area contributed by atoms with Crippen LogP contribution in [0, 0.1) is 19.8 Å². The fourth-order valence-electron chi connectivity index (χ4n) is 4.51. The molecule has 0 saturated carbocycles. The van der Waals surface area contributed by atoms with Crippen LogP contribution < -0.4 is 10.6 Å². The van der Waals surface area contributed by atoms with Crippen molar-refractivity contribution >= 4 is 17.9 Å². The van der Waals surface area contributed by atoms with Crippen molar-refractivity contribution in [1.29, 1.82) is 0 Å². The fourth-order valence-corrected chi connectivity index (χ4v) is 4.51. The molecule has 1 aromatic rings. The molecule has 2 atom stereocenters. The molecule has 0 heterocycles. The van der Waals surface area contributed by atoms with Crippen LogP contribution in [0.15, 0.2) is 18.2 Å². The summed E-state index contributed by atoms with van der Waals surface area (Å²) >= 11 is 0. The number of carbonyl (C=O) groups is 3. The molecular weight excluding hydrogens is 490 g/mol. The SMILES string of the molecule is CCCCCCN(C(=O)C(CC(C)C)NC(=O)OC(C)(C)C)C(C(=O)NCCCCC)c1ccc(C)c(C)c1. The highest BCUT2D eigenvalue weighted by Crippen LogP contribution is 2.26. The van der Waals surface area contributed by atoms with Gasteiger partial charge in [-0.05, 0) is 76.5 Å². The van der Waals surface area contributed by atoms with Gasteiger partial charge in [0.15, 0.2) is 0 Å². The number of unbranched alkanes of at least 4 members (excludes halogenated alkanes) is 5. The predicted molar refractivity (Wildman–Crippen MR) is 160 cm³/mol. The van der Waals surface area contributed by atoms with E-state index >= 15 is 0 Å². The van der Waals surface area contributed by atoms with Crippen molar-refractivity contribution in [2.24, 2.45) is 5.92 Å². The second-order valence-electron chi connectivity index (χ2n) is 12.2. The van der Waals surface area contributed by atoms with Crippen molar-refractivity contribution in [2.45, 2.75) is 131 Å². The second-order valence-corrected chi connectivity index (χ2v) is 12.2. The maximum absolute atomic E-state index is 14.3. The lowest BCUT2D eigenvalue weighted by Gasteiger charge is -2.35. The molecule has 0 spiro atoms. The third-order valence-corrected chi connectivity index (χ3v) is 6.72. The molecule has 0 saturated heterocycles. The van der Waals surface area contributed by atoms with Gasteiger partial charge in [0.25, 0.3) is 0 Å². The summed E-state index contributed by atoms with van der Waals surface area (Å²) in [4.78, 5) is 42.5. The largest absolute Gasteiger partial charge is 0.444 e. The lowest BCUT2D eigenvalue weighted by atomic mass is 9.96. The number of alkyl carbamates (subject to hydrolysis) is 1. The van der Waals surface area contributed by atoms with Gasteiger partial charge in [0.05, 0.1) is 0 Å². The highest BCUT2D eigenvalue weighted by molar-refractivity contribution is 5.92. The topological polar surface area (TPSA) is 87.7 Å². The van der Waals surface area contributed by atoms with Gasteiger partial charge >= 0.3 is 6.09 Å². The third kappa shape index (κ3) is 12.9. The van der Waals surface area contributed by atoms with E-state index in [1.807, 2.05) is 45.9 Å². The number of ether oxygens (including phenoxy) is 1. The molecule has 0 radical (unpaired) electrons. The minimum Gasteiger partial charge on any atom is -0.444 e. The number of nitrogens with zero attached hydrogens (tertiary/aromatic N) is 1. The molecule has 7 nitrogen and oxygen atoms in total. The average Bonchev–Trinajstić information content (AvgIpc) is 2.83. The van der Waals surface area contributed by atoms with Gasteiger partial charge in [0.1, 0.15) is 17.7 Å². The first-order valence-electron chi connectivity index (χ1n) is 15.0. The lowest BCUT2D eigenvalue weighted by molar-refractivity contribution is -0.143. The van der Waals surface area contributed by atoms with Crippen LogP contribution in [-0.4, -0.2) is 47.5 Å². The van der Waals surface area contributed by atoms with Crippen molar-refractivity contribution in [3.05, 3.63) is 34.9 Å². The Morgan fingerprint density at radius 2 is 1.56 bits per heavy atom. The Hall–Kier alpha value is -2.57. The zero-order valence-electron chi connectivity index (χ0n) is 26.1. The molecule has 0 fully saturated rings. The van der Waals surface area contributed by atoms with Gasteiger partial charge in [-0.1, -0.05) is 78.0 Å². The summed E-state index contributed by atoms with van der Waals surface area (Å²) in [6, 6.07) is 4.38. The Labute approximate surface area is 237 Å². The normalized spacial score (nSPS) is 13.1. The predicted octanol–water partition coefficient (Wildman–Crippen LogP) is 7.00. The molecule has 39 heavy (non-hydrogen) atoms. The minimum absolute atomic E-state index is 0.152. The summed E-state index contributed by atoms with van der Waals surface area (Å²) in [6.07, 6.45) is 6.68. The molecule has 3 amide bonds. The Balaban J connectivity index is 3.48. The molecular formula is C32H55N3O4. The van der Waals surface area contributed by atoms with Gasteiger partial charge in [-0.2, -0.15) is 0 Å². The number of aryl methyl sites for hydroxylation is 2. The quantitative estimate of drug-likeness (QED) is 0.219. The van der Waals surface area contributed by atoms with Crippen LogP contribution in [0.5, 0.6) is 0 Å². The summed E-state index contributed by atoms with van der Waals surface area (Å²) in [7, 11) is 0. The second kappa shape index (κ2) is 17.2. The number of amides is 3. The van der Waals surface area contributed by atoms with Crippen LogP contribution in [-0.2, 0) is 14.3 Å². The first kappa shape index (κ1) is 34.5. The summed E-state index contributed by atoms with van der Waals surface area (Å²) in [5, 5.41) is 5.92. The van der Waals surface area contributed by atoms with Crippen molar-refractivity contribution in [1.82, 2.24) is 15.5 Å². The summed E-state index contributed by atoms with van der Waals surface area (Å²) < 4.78 is 5.49. The number of nitrogens with one attached hydrogen (secondary N) is 2. The highest BCUT2D eigenvalue weighted by atomic mass is 16.6. The van der Waals surface area contributed by atoms with Gasteiger partial charge in [0.2, 0.25) is 11.8 Å². The first-order valence-corrected chi connectivity index (χ1v) is 15.0. The van der Waals surface area contributed by atoms with Crippen LogP contribution in [0.1, 0.15) is 123 Å². The van der Waals surface area contributed by atoms with E-state index in [4.69, 9.17) is 4.74 Å². The van der Waals surface area contributed by atoms with Crippen LogP contribution in [0.2, 0.25) is 0 Å². The summed E-state index contributed by atoms with van der Waals surface area (Å²) in [5.41, 5.74) is 2.30. The Bertz CT molecular complexity index is 907. The Morgan fingerprint density at radius 1 is 0.923 bits per heavy atom. The number of hydrogen-bond donors (Lipinski definition) is 2. The lowest BCUT2D eigenvalue weighted by Crippen LogP contribution is -2.53. The smallest absolute Gasteiger partial charge is 0.408 e. The summed E-state index contributed by atoms with van der Waals surface area (Å²) in [5.74, 6) is -0.282. The van der Waals surface area contributed by atoms with Crippen LogP contribution in [0.25, 0.3) is 0 Å². The van der Waals surface area contributed by atoms with Gasteiger partial charge in [-0.3, -0.25) is 9.59 Å². The van der Waals surface area contributed by atoms with E-state index in [-0.39, 0.29) is 17.7 Å². The number of hydrogen-bond acceptors (Lipinski definition) is 4. The zero-order valence-corrected chi connectivity index (χ0v) is 26.1. The molecule has 0 aliphatic heterocycles. The van der Waals surface area contributed by atoms with E-state index in [0.29, 0.717) is 19.5 Å². The van der Waals surface area contributed by atoms with Gasteiger partial charge < -0.3 is 20.3 Å². The summed E-state index contributed by atoms with van der Waals surface area (Å²) in [6.45, 7) is 18.8. The molecule has 0 aliphatic carbocycles. The molecule has 2 N–H and O–H groups in total. The van der Waals surface area contributed by atoms with Crippen LogP contribution in [0.3, 0.4) is 0 Å². The van der Waals surface area contributed by atoms with Crippen molar-refractivity contribution in [2.75, 3.05) is 13.1 Å². The Morgan fingerprint density at radius 3 is 2.13 bits per heavy atom. The monoisotopic (exact) mass is 545 g/mol.